The zero-order valence-electron chi connectivity index (χ0n) is 11.6. The summed E-state index contributed by atoms with van der Waals surface area (Å²) in [5, 5.41) is 23.3. The summed E-state index contributed by atoms with van der Waals surface area (Å²) in [7, 11) is 1.74. The highest BCUT2D eigenvalue weighted by molar-refractivity contribution is 5.62. The second-order valence-electron chi connectivity index (χ2n) is 4.90. The molecule has 0 saturated carbocycles. The molecule has 1 unspecified atom stereocenters. The van der Waals surface area contributed by atoms with Gasteiger partial charge in [0, 0.05) is 32.3 Å². The molecule has 110 valence electrons. The molecule has 1 aromatic heterocycles. The fourth-order valence-electron chi connectivity index (χ4n) is 2.66. The molecule has 0 radical (unpaired) electrons. The molecule has 0 spiro atoms. The van der Waals surface area contributed by atoms with Crippen LogP contribution in [0.1, 0.15) is 25.7 Å². The Kier molecular flexibility index (Phi) is 4.73. The molecular weight excluding hydrogens is 260 g/mol. The van der Waals surface area contributed by atoms with Gasteiger partial charge in [0.15, 0.2) is 0 Å². The summed E-state index contributed by atoms with van der Waals surface area (Å²) in [6.07, 6.45) is 3.62. The van der Waals surface area contributed by atoms with Gasteiger partial charge in [0.25, 0.3) is 0 Å². The third-order valence-corrected chi connectivity index (χ3v) is 3.67. The van der Waals surface area contributed by atoms with Gasteiger partial charge in [-0.15, -0.1) is 0 Å². The SMILES string of the molecule is CNc1ccc([N+](=O)[O-])c(N2CCCCC2CCO)n1. The Hall–Kier alpha value is -1.89. The van der Waals surface area contributed by atoms with Crippen LogP contribution in [-0.4, -0.2) is 41.3 Å². The van der Waals surface area contributed by atoms with Gasteiger partial charge in [-0.2, -0.15) is 0 Å². The molecule has 1 aromatic rings. The molecular formula is C13H20N4O3. The first kappa shape index (κ1) is 14.5. The van der Waals surface area contributed by atoms with E-state index in [-0.39, 0.29) is 18.3 Å². The fourth-order valence-corrected chi connectivity index (χ4v) is 2.66. The van der Waals surface area contributed by atoms with Gasteiger partial charge in [0.05, 0.1) is 4.92 Å². The van der Waals surface area contributed by atoms with Crippen LogP contribution in [0, 0.1) is 10.1 Å². The molecule has 1 atom stereocenters. The quantitative estimate of drug-likeness (QED) is 0.631. The van der Waals surface area contributed by atoms with Gasteiger partial charge in [-0.1, -0.05) is 0 Å². The van der Waals surface area contributed by atoms with Crippen molar-refractivity contribution in [2.45, 2.75) is 31.7 Å². The molecule has 1 fully saturated rings. The highest BCUT2D eigenvalue weighted by Crippen LogP contribution is 2.33. The summed E-state index contributed by atoms with van der Waals surface area (Å²) in [6, 6.07) is 3.21. The minimum atomic E-state index is -0.396. The Balaban J connectivity index is 2.39. The number of hydrogen-bond acceptors (Lipinski definition) is 6. The number of anilines is 2. The summed E-state index contributed by atoms with van der Waals surface area (Å²) in [4.78, 5) is 17.1. The van der Waals surface area contributed by atoms with Crippen LogP contribution in [-0.2, 0) is 0 Å². The predicted molar refractivity (Wildman–Crippen MR) is 77.1 cm³/mol. The molecule has 2 heterocycles. The van der Waals surface area contributed by atoms with E-state index < -0.39 is 4.92 Å². The van der Waals surface area contributed by atoms with Crippen molar-refractivity contribution < 1.29 is 10.0 Å². The summed E-state index contributed by atoms with van der Waals surface area (Å²) in [5.74, 6) is 1.01. The molecule has 7 nitrogen and oxygen atoms in total. The Morgan fingerprint density at radius 3 is 3.00 bits per heavy atom. The summed E-state index contributed by atoms with van der Waals surface area (Å²) < 4.78 is 0. The number of nitro groups is 1. The number of aliphatic hydroxyl groups is 1. The van der Waals surface area contributed by atoms with E-state index in [1.54, 1.807) is 13.1 Å². The molecule has 2 rings (SSSR count). The zero-order valence-corrected chi connectivity index (χ0v) is 11.6. The highest BCUT2D eigenvalue weighted by atomic mass is 16.6. The van der Waals surface area contributed by atoms with Crippen molar-refractivity contribution >= 4 is 17.3 Å². The van der Waals surface area contributed by atoms with Gasteiger partial charge < -0.3 is 15.3 Å². The van der Waals surface area contributed by atoms with E-state index in [0.29, 0.717) is 18.1 Å². The lowest BCUT2D eigenvalue weighted by atomic mass is 9.99. The number of aliphatic hydroxyl groups excluding tert-OH is 1. The molecule has 2 N–H and O–H groups in total. The number of nitrogens with one attached hydrogen (secondary N) is 1. The predicted octanol–water partition coefficient (Wildman–Crippen LogP) is 1.77. The molecule has 1 saturated heterocycles. The maximum Gasteiger partial charge on any atom is 0.311 e. The molecule has 7 heteroatoms. The monoisotopic (exact) mass is 280 g/mol. The summed E-state index contributed by atoms with van der Waals surface area (Å²) in [5.41, 5.74) is 0.0221. The van der Waals surface area contributed by atoms with Crippen molar-refractivity contribution in [3.8, 4) is 0 Å². The Labute approximate surface area is 117 Å². The molecule has 1 aliphatic heterocycles. The van der Waals surface area contributed by atoms with Crippen molar-refractivity contribution in [2.75, 3.05) is 30.4 Å². The van der Waals surface area contributed by atoms with E-state index in [2.05, 4.69) is 10.3 Å². The molecule has 1 aliphatic rings. The number of nitrogens with zero attached hydrogens (tertiary/aromatic N) is 3. The normalized spacial score (nSPS) is 18.9. The smallest absolute Gasteiger partial charge is 0.311 e. The summed E-state index contributed by atoms with van der Waals surface area (Å²) in [6.45, 7) is 0.826. The lowest BCUT2D eigenvalue weighted by Gasteiger charge is -2.36. The first-order chi connectivity index (χ1) is 9.67. The van der Waals surface area contributed by atoms with Gasteiger partial charge in [-0.25, -0.2) is 4.98 Å². The number of aromatic nitrogens is 1. The summed E-state index contributed by atoms with van der Waals surface area (Å²) >= 11 is 0. The van der Waals surface area contributed by atoms with E-state index in [1.807, 2.05) is 4.90 Å². The number of pyridine rings is 1. The standard InChI is InChI=1S/C13H20N4O3/c1-14-12-6-5-11(17(19)20)13(15-12)16-8-3-2-4-10(16)7-9-18/h5-6,10,18H,2-4,7-9H2,1H3,(H,14,15). The largest absolute Gasteiger partial charge is 0.396 e. The van der Waals surface area contributed by atoms with Gasteiger partial charge in [-0.3, -0.25) is 10.1 Å². The van der Waals surface area contributed by atoms with Crippen LogP contribution in [0.5, 0.6) is 0 Å². The van der Waals surface area contributed by atoms with E-state index in [9.17, 15) is 10.1 Å². The van der Waals surface area contributed by atoms with Crippen molar-refractivity contribution in [3.63, 3.8) is 0 Å². The van der Waals surface area contributed by atoms with Crippen LogP contribution in [0.25, 0.3) is 0 Å². The van der Waals surface area contributed by atoms with E-state index in [0.717, 1.165) is 25.8 Å². The minimum Gasteiger partial charge on any atom is -0.396 e. The van der Waals surface area contributed by atoms with Crippen LogP contribution in [0.3, 0.4) is 0 Å². The molecule has 0 aromatic carbocycles. The van der Waals surface area contributed by atoms with E-state index in [1.165, 1.54) is 6.07 Å². The van der Waals surface area contributed by atoms with Gasteiger partial charge in [-0.05, 0) is 31.7 Å². The Bertz CT molecular complexity index is 479. The van der Waals surface area contributed by atoms with Crippen molar-refractivity contribution in [3.05, 3.63) is 22.2 Å². The first-order valence-electron chi connectivity index (χ1n) is 6.88. The van der Waals surface area contributed by atoms with Crippen molar-refractivity contribution in [2.24, 2.45) is 0 Å². The highest BCUT2D eigenvalue weighted by Gasteiger charge is 2.29. The zero-order chi connectivity index (χ0) is 14.5. The second-order valence-corrected chi connectivity index (χ2v) is 4.90. The van der Waals surface area contributed by atoms with Crippen LogP contribution in [0.4, 0.5) is 17.3 Å². The first-order valence-corrected chi connectivity index (χ1v) is 6.88. The molecule has 0 bridgehead atoms. The Morgan fingerprint density at radius 2 is 2.35 bits per heavy atom. The molecule has 20 heavy (non-hydrogen) atoms. The minimum absolute atomic E-state index is 0.0221. The fraction of sp³-hybridized carbons (Fsp3) is 0.615. The van der Waals surface area contributed by atoms with Crippen LogP contribution in [0.15, 0.2) is 12.1 Å². The average Bonchev–Trinajstić information content (AvgIpc) is 2.47. The van der Waals surface area contributed by atoms with Gasteiger partial charge in [0.2, 0.25) is 5.82 Å². The number of hydrogen-bond donors (Lipinski definition) is 2. The number of rotatable bonds is 5. The van der Waals surface area contributed by atoms with Crippen molar-refractivity contribution in [1.82, 2.24) is 4.98 Å². The van der Waals surface area contributed by atoms with Gasteiger partial charge in [0.1, 0.15) is 5.82 Å². The topological polar surface area (TPSA) is 91.5 Å². The second kappa shape index (κ2) is 6.51. The van der Waals surface area contributed by atoms with E-state index in [4.69, 9.17) is 5.11 Å². The Morgan fingerprint density at radius 1 is 1.55 bits per heavy atom. The van der Waals surface area contributed by atoms with E-state index >= 15 is 0 Å². The molecule has 0 aliphatic carbocycles. The molecule has 0 amide bonds. The maximum atomic E-state index is 11.2. The third kappa shape index (κ3) is 2.98. The van der Waals surface area contributed by atoms with Crippen LogP contribution >= 0.6 is 0 Å². The number of piperidine rings is 1. The van der Waals surface area contributed by atoms with Gasteiger partial charge >= 0.3 is 5.69 Å². The average molecular weight is 280 g/mol. The lowest BCUT2D eigenvalue weighted by Crippen LogP contribution is -2.41. The maximum absolute atomic E-state index is 11.2. The van der Waals surface area contributed by atoms with Crippen LogP contribution in [0.2, 0.25) is 0 Å². The van der Waals surface area contributed by atoms with Crippen molar-refractivity contribution in [1.29, 1.82) is 0 Å². The lowest BCUT2D eigenvalue weighted by molar-refractivity contribution is -0.384. The third-order valence-electron chi connectivity index (χ3n) is 3.67. The van der Waals surface area contributed by atoms with Crippen LogP contribution < -0.4 is 10.2 Å².